The van der Waals surface area contributed by atoms with Gasteiger partial charge in [-0.25, -0.2) is 0 Å². The molecule has 6 heteroatoms. The third-order valence-electron chi connectivity index (χ3n) is 6.18. The smallest absolute Gasteiger partial charge is 0.374 e. The molecule has 180 valence electrons. The Morgan fingerprint density at radius 2 is 1.50 bits per heavy atom. The number of hydrogen-bond donors (Lipinski definition) is 0. The highest BCUT2D eigenvalue weighted by atomic mass is 16.5. The van der Waals surface area contributed by atoms with Crippen LogP contribution in [0.15, 0.2) is 42.7 Å². The Balaban J connectivity index is 1.83. The molecule has 2 aromatic rings. The van der Waals surface area contributed by atoms with Crippen LogP contribution in [0, 0.1) is 0 Å². The molecule has 34 heavy (non-hydrogen) atoms. The van der Waals surface area contributed by atoms with Gasteiger partial charge in [0.15, 0.2) is 17.3 Å². The summed E-state index contributed by atoms with van der Waals surface area (Å²) in [6.07, 6.45) is 10.0. The third-order valence-corrected chi connectivity index (χ3v) is 6.18. The van der Waals surface area contributed by atoms with E-state index in [0.29, 0.717) is 39.9 Å². The predicted octanol–water partition coefficient (Wildman–Crippen LogP) is 6.88. The lowest BCUT2D eigenvalue weighted by Gasteiger charge is -2.26. The van der Waals surface area contributed by atoms with Gasteiger partial charge in [0.05, 0.1) is 21.3 Å². The van der Waals surface area contributed by atoms with E-state index in [-0.39, 0.29) is 0 Å². The lowest BCUT2D eigenvalue weighted by atomic mass is 9.95. The van der Waals surface area contributed by atoms with Crippen molar-refractivity contribution < 1.29 is 23.6 Å². The van der Waals surface area contributed by atoms with E-state index in [0.717, 1.165) is 17.7 Å². The molecule has 0 N–H and O–H groups in total. The summed E-state index contributed by atoms with van der Waals surface area (Å²) in [6, 6.07) is 9.85. The van der Waals surface area contributed by atoms with Gasteiger partial charge in [0.1, 0.15) is 11.5 Å². The molecule has 0 fully saturated rings. The van der Waals surface area contributed by atoms with Gasteiger partial charge in [-0.3, -0.25) is 0 Å². The number of methoxy groups -OCH3 is 3. The van der Waals surface area contributed by atoms with Gasteiger partial charge < -0.3 is 23.6 Å². The van der Waals surface area contributed by atoms with Crippen LogP contribution in [0.25, 0.3) is 11.3 Å². The summed E-state index contributed by atoms with van der Waals surface area (Å²) in [5, 5.41) is 0. The Labute approximate surface area is 205 Å². The predicted molar refractivity (Wildman–Crippen MR) is 138 cm³/mol. The Morgan fingerprint density at radius 1 is 0.853 bits per heavy atom. The highest BCUT2D eigenvalue weighted by Gasteiger charge is 2.27. The SMILES string of the molecule is [B]OC1=C(c2cc(OC)c(OC)c(OC)c2)Oc2cc(CCCCCCCCC)ccc2C1=C. The second-order valence-electron chi connectivity index (χ2n) is 8.47. The third kappa shape index (κ3) is 5.72. The van der Waals surface area contributed by atoms with E-state index in [1.54, 1.807) is 33.5 Å². The van der Waals surface area contributed by atoms with E-state index in [2.05, 4.69) is 25.6 Å². The van der Waals surface area contributed by atoms with E-state index >= 15 is 0 Å². The van der Waals surface area contributed by atoms with Crippen molar-refractivity contribution in [1.29, 1.82) is 0 Å². The monoisotopic (exact) mass is 462 g/mol. The molecule has 0 atom stereocenters. The van der Waals surface area contributed by atoms with Crippen molar-refractivity contribution in [3.05, 3.63) is 59.4 Å². The standard InChI is InChI=1S/C28H35BO5/c1-6-7-8-9-10-11-12-13-20-14-15-22-19(2)26(34-29)27(33-23(22)16-20)21-17-24(30-3)28(32-5)25(18-21)31-4/h14-18H,2,6-13H2,1,3-5H3. The number of rotatable bonds is 13. The van der Waals surface area contributed by atoms with Gasteiger partial charge in [0, 0.05) is 16.7 Å². The summed E-state index contributed by atoms with van der Waals surface area (Å²) in [5.74, 6) is 3.06. The van der Waals surface area contributed by atoms with Crippen molar-refractivity contribution >= 4 is 19.4 Å². The topological polar surface area (TPSA) is 46.2 Å². The highest BCUT2D eigenvalue weighted by molar-refractivity contribution is 6.03. The van der Waals surface area contributed by atoms with Crippen LogP contribution in [-0.2, 0) is 11.1 Å². The fraction of sp³-hybridized carbons (Fsp3) is 0.429. The fourth-order valence-corrected chi connectivity index (χ4v) is 4.28. The van der Waals surface area contributed by atoms with Gasteiger partial charge in [-0.2, -0.15) is 0 Å². The largest absolute Gasteiger partial charge is 0.565 e. The average Bonchev–Trinajstić information content (AvgIpc) is 2.86. The number of allylic oxidation sites excluding steroid dienone is 1. The van der Waals surface area contributed by atoms with Crippen LogP contribution in [0.2, 0.25) is 0 Å². The Bertz CT molecular complexity index is 1000. The molecule has 1 aliphatic rings. The molecule has 0 saturated carbocycles. The summed E-state index contributed by atoms with van der Waals surface area (Å²) >= 11 is 0. The molecule has 1 aliphatic heterocycles. The Hall–Kier alpha value is -3.02. The molecule has 0 aromatic heterocycles. The maximum atomic E-state index is 6.34. The first-order valence-corrected chi connectivity index (χ1v) is 12.0. The Kier molecular flexibility index (Phi) is 9.37. The van der Waals surface area contributed by atoms with Crippen molar-refractivity contribution in [2.45, 2.75) is 58.3 Å². The fourth-order valence-electron chi connectivity index (χ4n) is 4.28. The first-order chi connectivity index (χ1) is 16.6. The van der Waals surface area contributed by atoms with Crippen LogP contribution < -0.4 is 18.9 Å². The van der Waals surface area contributed by atoms with E-state index in [1.165, 1.54) is 50.5 Å². The lowest BCUT2D eigenvalue weighted by Crippen LogP contribution is -2.11. The zero-order valence-corrected chi connectivity index (χ0v) is 20.9. The minimum absolute atomic E-state index is 0.363. The van der Waals surface area contributed by atoms with E-state index in [4.69, 9.17) is 31.7 Å². The van der Waals surface area contributed by atoms with Crippen LogP contribution in [0.4, 0.5) is 0 Å². The first kappa shape index (κ1) is 25.6. The quantitative estimate of drug-likeness (QED) is 0.240. The summed E-state index contributed by atoms with van der Waals surface area (Å²) in [4.78, 5) is 0. The summed E-state index contributed by atoms with van der Waals surface area (Å²) in [5.41, 5.74) is 3.44. The summed E-state index contributed by atoms with van der Waals surface area (Å²) in [7, 11) is 10.4. The van der Waals surface area contributed by atoms with Gasteiger partial charge in [-0.1, -0.05) is 64.2 Å². The molecular formula is C28H35BO5. The highest BCUT2D eigenvalue weighted by Crippen LogP contribution is 2.45. The van der Waals surface area contributed by atoms with Crippen LogP contribution in [-0.4, -0.2) is 29.4 Å². The van der Waals surface area contributed by atoms with Gasteiger partial charge in [0.2, 0.25) is 5.75 Å². The number of aryl methyl sites for hydroxylation is 1. The van der Waals surface area contributed by atoms with Gasteiger partial charge >= 0.3 is 8.05 Å². The van der Waals surface area contributed by atoms with Gasteiger partial charge in [-0.15, -0.1) is 0 Å². The van der Waals surface area contributed by atoms with Crippen molar-refractivity contribution in [2.75, 3.05) is 21.3 Å². The first-order valence-electron chi connectivity index (χ1n) is 12.0. The minimum atomic E-state index is 0.363. The number of fused-ring (bicyclic) bond motifs is 1. The maximum absolute atomic E-state index is 6.34. The number of hydrogen-bond acceptors (Lipinski definition) is 5. The molecule has 3 rings (SSSR count). The van der Waals surface area contributed by atoms with Crippen LogP contribution in [0.5, 0.6) is 23.0 Å². The molecule has 0 bridgehead atoms. The molecule has 2 radical (unpaired) electrons. The molecular weight excluding hydrogens is 427 g/mol. The summed E-state index contributed by atoms with van der Waals surface area (Å²) in [6.45, 7) is 6.46. The van der Waals surface area contributed by atoms with Crippen LogP contribution in [0.1, 0.15) is 68.6 Å². The van der Waals surface area contributed by atoms with E-state index < -0.39 is 0 Å². The number of ether oxygens (including phenoxy) is 4. The molecule has 5 nitrogen and oxygen atoms in total. The molecule has 0 unspecified atom stereocenters. The van der Waals surface area contributed by atoms with Gasteiger partial charge in [0.25, 0.3) is 0 Å². The molecule has 0 spiro atoms. The normalized spacial score (nSPS) is 12.8. The maximum Gasteiger partial charge on any atom is 0.374 e. The van der Waals surface area contributed by atoms with Crippen molar-refractivity contribution in [2.24, 2.45) is 0 Å². The molecule has 2 aromatic carbocycles. The number of unbranched alkanes of at least 4 members (excludes halogenated alkanes) is 6. The second kappa shape index (κ2) is 12.4. The average molecular weight is 462 g/mol. The lowest BCUT2D eigenvalue weighted by molar-refractivity contribution is 0.324. The van der Waals surface area contributed by atoms with Crippen molar-refractivity contribution in [3.8, 4) is 23.0 Å². The zero-order chi connectivity index (χ0) is 24.5. The van der Waals surface area contributed by atoms with E-state index in [9.17, 15) is 0 Å². The Morgan fingerprint density at radius 3 is 2.09 bits per heavy atom. The molecule has 0 aliphatic carbocycles. The zero-order valence-electron chi connectivity index (χ0n) is 20.9. The summed E-state index contributed by atoms with van der Waals surface area (Å²) < 4.78 is 28.0. The van der Waals surface area contributed by atoms with Crippen molar-refractivity contribution in [1.82, 2.24) is 0 Å². The number of benzene rings is 2. The van der Waals surface area contributed by atoms with Crippen LogP contribution in [0.3, 0.4) is 0 Å². The van der Waals surface area contributed by atoms with Crippen LogP contribution >= 0.6 is 0 Å². The minimum Gasteiger partial charge on any atom is -0.565 e. The second-order valence-corrected chi connectivity index (χ2v) is 8.47. The van der Waals surface area contributed by atoms with E-state index in [1.807, 2.05) is 6.07 Å². The molecule has 0 saturated heterocycles. The van der Waals surface area contributed by atoms with Gasteiger partial charge in [-0.05, 0) is 36.6 Å². The van der Waals surface area contributed by atoms with Crippen molar-refractivity contribution in [3.63, 3.8) is 0 Å². The molecule has 0 amide bonds. The molecule has 1 heterocycles.